The summed E-state index contributed by atoms with van der Waals surface area (Å²) in [6.45, 7) is 4.05. The van der Waals surface area contributed by atoms with Crippen LogP contribution in [-0.2, 0) is 0 Å². The van der Waals surface area contributed by atoms with Gasteiger partial charge in [0.05, 0.1) is 0 Å². The molecule has 0 amide bonds. The first-order chi connectivity index (χ1) is 8.15. The van der Waals surface area contributed by atoms with Crippen molar-refractivity contribution in [3.63, 3.8) is 0 Å². The van der Waals surface area contributed by atoms with E-state index >= 15 is 0 Å². The van der Waals surface area contributed by atoms with E-state index in [0.717, 1.165) is 18.7 Å². The summed E-state index contributed by atoms with van der Waals surface area (Å²) in [5.74, 6) is 4.10. The number of aromatic nitrogens is 2. The number of aromatic amines is 1. The summed E-state index contributed by atoms with van der Waals surface area (Å²) in [4.78, 5) is 18.7. The Labute approximate surface area is 106 Å². The molecular formula is C12H19N3OS. The van der Waals surface area contributed by atoms with Gasteiger partial charge in [0.25, 0.3) is 5.56 Å². The molecule has 1 fully saturated rings. The predicted molar refractivity (Wildman–Crippen MR) is 72.9 cm³/mol. The molecule has 2 heterocycles. The van der Waals surface area contributed by atoms with Crippen LogP contribution in [-0.4, -0.2) is 27.5 Å². The average molecular weight is 253 g/mol. The number of hydrogen-bond acceptors (Lipinski definition) is 4. The maximum absolute atomic E-state index is 11.5. The van der Waals surface area contributed by atoms with Gasteiger partial charge < -0.3 is 10.3 Å². The van der Waals surface area contributed by atoms with Crippen LogP contribution in [0.4, 0.5) is 5.82 Å². The summed E-state index contributed by atoms with van der Waals surface area (Å²) in [5.41, 5.74) is -0.0728. The highest BCUT2D eigenvalue weighted by molar-refractivity contribution is 7.99. The molecule has 1 aliphatic heterocycles. The molecule has 1 aromatic rings. The number of nitrogens with zero attached hydrogens (tertiary/aromatic N) is 1. The number of rotatable bonds is 3. The largest absolute Gasteiger partial charge is 0.367 e. The van der Waals surface area contributed by atoms with Crippen LogP contribution >= 0.6 is 11.8 Å². The second-order valence-corrected chi connectivity index (χ2v) is 5.93. The molecule has 17 heavy (non-hydrogen) atoms. The Bertz CT molecular complexity index is 424. The fourth-order valence-electron chi connectivity index (χ4n) is 1.87. The first-order valence-electron chi connectivity index (χ1n) is 6.10. The molecule has 0 atom stereocenters. The Morgan fingerprint density at radius 2 is 2.18 bits per heavy atom. The van der Waals surface area contributed by atoms with Crippen LogP contribution < -0.4 is 10.9 Å². The smallest absolute Gasteiger partial charge is 0.252 e. The van der Waals surface area contributed by atoms with Crippen molar-refractivity contribution < 1.29 is 0 Å². The molecule has 0 spiro atoms. The number of nitrogens with one attached hydrogen (secondary N) is 2. The highest BCUT2D eigenvalue weighted by Crippen LogP contribution is 2.20. The second kappa shape index (κ2) is 5.58. The molecule has 2 N–H and O–H groups in total. The van der Waals surface area contributed by atoms with Crippen molar-refractivity contribution in [1.29, 1.82) is 0 Å². The Morgan fingerprint density at radius 1 is 1.47 bits per heavy atom. The summed E-state index contributed by atoms with van der Waals surface area (Å²) >= 11 is 1.99. The number of H-pyrrole nitrogens is 1. The molecule has 0 aromatic carbocycles. The van der Waals surface area contributed by atoms with Crippen LogP contribution in [0.2, 0.25) is 0 Å². The molecule has 5 heteroatoms. The zero-order valence-corrected chi connectivity index (χ0v) is 11.1. The lowest BCUT2D eigenvalue weighted by molar-refractivity contribution is 0.660. The lowest BCUT2D eigenvalue weighted by atomic mass is 10.1. The van der Waals surface area contributed by atoms with Crippen molar-refractivity contribution in [3.05, 3.63) is 22.2 Å². The zero-order chi connectivity index (χ0) is 12.3. The van der Waals surface area contributed by atoms with E-state index < -0.39 is 0 Å². The standard InChI is InChI=1S/C12H19N3OS/c1-8(2)12-14-10(7-11(16)15-12)13-9-3-5-17-6-4-9/h7-9H,3-6H2,1-2H3,(H2,13,14,15,16). The molecule has 1 aliphatic rings. The molecule has 0 bridgehead atoms. The van der Waals surface area contributed by atoms with Crippen LogP contribution in [0.15, 0.2) is 10.9 Å². The molecule has 0 radical (unpaired) electrons. The zero-order valence-electron chi connectivity index (χ0n) is 10.3. The van der Waals surface area contributed by atoms with E-state index in [1.807, 2.05) is 25.6 Å². The average Bonchev–Trinajstić information content (AvgIpc) is 2.29. The fraction of sp³-hybridized carbons (Fsp3) is 0.667. The third-order valence-corrected chi connectivity index (χ3v) is 3.93. The summed E-state index contributed by atoms with van der Waals surface area (Å²) < 4.78 is 0. The molecule has 2 rings (SSSR count). The minimum Gasteiger partial charge on any atom is -0.367 e. The SMILES string of the molecule is CC(C)c1nc(NC2CCSCC2)cc(=O)[nH]1. The summed E-state index contributed by atoms with van der Waals surface area (Å²) in [6, 6.07) is 2.01. The van der Waals surface area contributed by atoms with Gasteiger partial charge in [-0.05, 0) is 24.3 Å². The van der Waals surface area contributed by atoms with E-state index in [1.165, 1.54) is 11.5 Å². The van der Waals surface area contributed by atoms with E-state index in [1.54, 1.807) is 6.07 Å². The molecule has 0 saturated carbocycles. The van der Waals surface area contributed by atoms with Crippen molar-refractivity contribution in [3.8, 4) is 0 Å². The van der Waals surface area contributed by atoms with Gasteiger partial charge in [-0.3, -0.25) is 4.79 Å². The third-order valence-electron chi connectivity index (χ3n) is 2.88. The van der Waals surface area contributed by atoms with Crippen molar-refractivity contribution in [2.24, 2.45) is 0 Å². The van der Waals surface area contributed by atoms with Gasteiger partial charge in [-0.2, -0.15) is 11.8 Å². The number of hydrogen-bond donors (Lipinski definition) is 2. The molecular weight excluding hydrogens is 234 g/mol. The molecule has 4 nitrogen and oxygen atoms in total. The minimum atomic E-state index is -0.0728. The fourth-order valence-corrected chi connectivity index (χ4v) is 2.98. The minimum absolute atomic E-state index is 0.0728. The van der Waals surface area contributed by atoms with Gasteiger partial charge >= 0.3 is 0 Å². The maximum atomic E-state index is 11.5. The van der Waals surface area contributed by atoms with E-state index in [2.05, 4.69) is 15.3 Å². The van der Waals surface area contributed by atoms with Crippen molar-refractivity contribution >= 4 is 17.6 Å². The highest BCUT2D eigenvalue weighted by atomic mass is 32.2. The Morgan fingerprint density at radius 3 is 2.82 bits per heavy atom. The van der Waals surface area contributed by atoms with Crippen LogP contribution in [0.3, 0.4) is 0 Å². The van der Waals surface area contributed by atoms with E-state index in [0.29, 0.717) is 11.9 Å². The van der Waals surface area contributed by atoms with Gasteiger partial charge in [0, 0.05) is 18.0 Å². The van der Waals surface area contributed by atoms with Gasteiger partial charge in [-0.1, -0.05) is 13.8 Å². The summed E-state index contributed by atoms with van der Waals surface area (Å²) in [6.07, 6.45) is 2.30. The molecule has 94 valence electrons. The van der Waals surface area contributed by atoms with Crippen molar-refractivity contribution in [2.75, 3.05) is 16.8 Å². The quantitative estimate of drug-likeness (QED) is 0.867. The van der Waals surface area contributed by atoms with Crippen LogP contribution in [0.5, 0.6) is 0 Å². The van der Waals surface area contributed by atoms with Crippen LogP contribution in [0.25, 0.3) is 0 Å². The van der Waals surface area contributed by atoms with Gasteiger partial charge in [0.15, 0.2) is 0 Å². The van der Waals surface area contributed by atoms with Crippen molar-refractivity contribution in [2.45, 2.75) is 38.6 Å². The Hall–Kier alpha value is -0.970. The first-order valence-corrected chi connectivity index (χ1v) is 7.26. The Balaban J connectivity index is 2.11. The molecule has 1 saturated heterocycles. The van der Waals surface area contributed by atoms with E-state index in [9.17, 15) is 4.79 Å². The topological polar surface area (TPSA) is 57.8 Å². The Kier molecular flexibility index (Phi) is 4.10. The lowest BCUT2D eigenvalue weighted by Crippen LogP contribution is -2.26. The highest BCUT2D eigenvalue weighted by Gasteiger charge is 2.14. The van der Waals surface area contributed by atoms with Gasteiger partial charge in [0.2, 0.25) is 0 Å². The monoisotopic (exact) mass is 253 g/mol. The summed E-state index contributed by atoms with van der Waals surface area (Å²) in [5, 5.41) is 3.37. The predicted octanol–water partition coefficient (Wildman–Crippen LogP) is 2.20. The normalized spacial score (nSPS) is 17.4. The summed E-state index contributed by atoms with van der Waals surface area (Å²) in [7, 11) is 0. The first kappa shape index (κ1) is 12.5. The van der Waals surface area contributed by atoms with Crippen LogP contribution in [0, 0.1) is 0 Å². The molecule has 0 aliphatic carbocycles. The van der Waals surface area contributed by atoms with Gasteiger partial charge in [0.1, 0.15) is 11.6 Å². The second-order valence-electron chi connectivity index (χ2n) is 4.70. The number of thioether (sulfide) groups is 1. The van der Waals surface area contributed by atoms with Crippen molar-refractivity contribution in [1.82, 2.24) is 9.97 Å². The number of anilines is 1. The van der Waals surface area contributed by atoms with E-state index in [4.69, 9.17) is 0 Å². The molecule has 0 unspecified atom stereocenters. The molecule has 1 aromatic heterocycles. The van der Waals surface area contributed by atoms with Gasteiger partial charge in [-0.25, -0.2) is 4.98 Å². The lowest BCUT2D eigenvalue weighted by Gasteiger charge is -2.23. The third kappa shape index (κ3) is 3.49. The van der Waals surface area contributed by atoms with Crippen LogP contribution in [0.1, 0.15) is 38.4 Å². The maximum Gasteiger partial charge on any atom is 0.252 e. The van der Waals surface area contributed by atoms with E-state index in [-0.39, 0.29) is 11.5 Å². The van der Waals surface area contributed by atoms with Gasteiger partial charge in [-0.15, -0.1) is 0 Å².